The van der Waals surface area contributed by atoms with Gasteiger partial charge in [0, 0.05) is 56.2 Å². The summed E-state index contributed by atoms with van der Waals surface area (Å²) in [4.78, 5) is 26.1. The van der Waals surface area contributed by atoms with Gasteiger partial charge in [-0.2, -0.15) is 5.10 Å². The molecule has 1 amide bonds. The molecule has 8 heteroatoms. The van der Waals surface area contributed by atoms with Crippen LogP contribution >= 0.6 is 0 Å². The van der Waals surface area contributed by atoms with Gasteiger partial charge in [-0.25, -0.2) is 14.6 Å². The van der Waals surface area contributed by atoms with Gasteiger partial charge in [0.15, 0.2) is 0 Å². The van der Waals surface area contributed by atoms with Crippen molar-refractivity contribution in [1.29, 1.82) is 0 Å². The number of anilines is 1. The Balaban J connectivity index is 1.11. The first-order valence-electron chi connectivity index (χ1n) is 12.0. The fourth-order valence-electron chi connectivity index (χ4n) is 4.35. The highest BCUT2D eigenvalue weighted by atomic mass is 16.1. The molecule has 1 saturated heterocycles. The average Bonchev–Trinajstić information content (AvgIpc) is 3.43. The second-order valence-corrected chi connectivity index (χ2v) is 8.53. The Morgan fingerprint density at radius 3 is 2.46 bits per heavy atom. The summed E-state index contributed by atoms with van der Waals surface area (Å²) in [7, 11) is 0. The predicted octanol–water partition coefficient (Wildman–Crippen LogP) is 3.27. The number of hydrogen-bond acceptors (Lipinski definition) is 6. The maximum absolute atomic E-state index is 12.8. The van der Waals surface area contributed by atoms with Crippen LogP contribution in [0.3, 0.4) is 0 Å². The Morgan fingerprint density at radius 2 is 1.66 bits per heavy atom. The summed E-state index contributed by atoms with van der Waals surface area (Å²) in [5, 5.41) is 7.55. The molecule has 1 aliphatic rings. The maximum Gasteiger partial charge on any atom is 0.251 e. The largest absolute Gasteiger partial charge is 0.352 e. The highest BCUT2D eigenvalue weighted by Gasteiger charge is 2.18. The van der Waals surface area contributed by atoms with E-state index in [1.807, 2.05) is 59.3 Å². The van der Waals surface area contributed by atoms with Gasteiger partial charge in [-0.1, -0.05) is 36.4 Å². The van der Waals surface area contributed by atoms with Gasteiger partial charge >= 0.3 is 0 Å². The zero-order chi connectivity index (χ0) is 23.9. The number of piperazine rings is 1. The van der Waals surface area contributed by atoms with Crippen LogP contribution in [0.25, 0.3) is 16.9 Å². The van der Waals surface area contributed by atoms with E-state index < -0.39 is 0 Å². The normalized spacial score (nSPS) is 14.1. The first kappa shape index (κ1) is 22.7. The second-order valence-electron chi connectivity index (χ2n) is 8.53. The van der Waals surface area contributed by atoms with Crippen molar-refractivity contribution in [1.82, 2.24) is 30.0 Å². The summed E-state index contributed by atoms with van der Waals surface area (Å²) < 4.78 is 1.87. The third kappa shape index (κ3) is 5.55. The number of hydrogen-bond donors (Lipinski definition) is 1. The van der Waals surface area contributed by atoms with E-state index in [9.17, 15) is 4.79 Å². The molecular weight excluding hydrogens is 438 g/mol. The van der Waals surface area contributed by atoms with Crippen LogP contribution in [0, 0.1) is 0 Å². The molecule has 0 unspecified atom stereocenters. The smallest absolute Gasteiger partial charge is 0.251 e. The topological polar surface area (TPSA) is 79.2 Å². The van der Waals surface area contributed by atoms with Gasteiger partial charge in [-0.3, -0.25) is 9.69 Å². The minimum atomic E-state index is -0.0636. The molecule has 5 rings (SSSR count). The van der Waals surface area contributed by atoms with E-state index in [4.69, 9.17) is 0 Å². The number of benzene rings is 2. The molecule has 8 nitrogen and oxygen atoms in total. The molecule has 1 N–H and O–H groups in total. The van der Waals surface area contributed by atoms with Crippen molar-refractivity contribution in [3.05, 3.63) is 90.9 Å². The summed E-state index contributed by atoms with van der Waals surface area (Å²) in [6.45, 7) is 5.38. The van der Waals surface area contributed by atoms with Gasteiger partial charge in [0.1, 0.15) is 0 Å². The van der Waals surface area contributed by atoms with E-state index in [-0.39, 0.29) is 5.91 Å². The Hall–Kier alpha value is -4.04. The van der Waals surface area contributed by atoms with Gasteiger partial charge in [0.2, 0.25) is 5.95 Å². The predicted molar refractivity (Wildman–Crippen MR) is 137 cm³/mol. The molecule has 1 fully saturated rings. The second kappa shape index (κ2) is 10.9. The van der Waals surface area contributed by atoms with Crippen molar-refractivity contribution in [3.63, 3.8) is 0 Å². The van der Waals surface area contributed by atoms with Crippen molar-refractivity contribution >= 4 is 11.9 Å². The van der Waals surface area contributed by atoms with E-state index in [2.05, 4.69) is 42.3 Å². The van der Waals surface area contributed by atoms with E-state index in [0.29, 0.717) is 12.1 Å². The van der Waals surface area contributed by atoms with Crippen LogP contribution in [-0.2, 0) is 0 Å². The van der Waals surface area contributed by atoms with Gasteiger partial charge in [0.25, 0.3) is 5.91 Å². The Morgan fingerprint density at radius 1 is 0.857 bits per heavy atom. The standard InChI is InChI=1S/C27H29N7O/c35-26(28-14-6-16-32-17-19-33(20-18-32)27-29-12-5-13-30-27)23-9-4-10-24(21-23)34-25(11-15-31-34)22-7-2-1-3-8-22/h1-5,7-13,15,21H,6,14,16-20H2,(H,28,35). The van der Waals surface area contributed by atoms with Crippen LogP contribution < -0.4 is 10.2 Å². The number of amides is 1. The van der Waals surface area contributed by atoms with E-state index in [0.717, 1.165) is 62.0 Å². The number of nitrogens with one attached hydrogen (secondary N) is 1. The lowest BCUT2D eigenvalue weighted by atomic mass is 10.1. The number of carbonyl (C=O) groups excluding carboxylic acids is 1. The molecule has 35 heavy (non-hydrogen) atoms. The van der Waals surface area contributed by atoms with Crippen LogP contribution in [0.4, 0.5) is 5.95 Å². The fraction of sp³-hybridized carbons (Fsp3) is 0.259. The Labute approximate surface area is 205 Å². The number of rotatable bonds is 8. The lowest BCUT2D eigenvalue weighted by Gasteiger charge is -2.34. The van der Waals surface area contributed by atoms with E-state index in [1.54, 1.807) is 18.6 Å². The highest BCUT2D eigenvalue weighted by Crippen LogP contribution is 2.22. The number of aromatic nitrogens is 4. The quantitative estimate of drug-likeness (QED) is 0.401. The highest BCUT2D eigenvalue weighted by molar-refractivity contribution is 5.94. The molecule has 2 aromatic heterocycles. The van der Waals surface area contributed by atoms with Crippen LogP contribution in [0.2, 0.25) is 0 Å². The molecule has 0 spiro atoms. The van der Waals surface area contributed by atoms with Gasteiger partial charge in [-0.05, 0) is 43.3 Å². The third-order valence-electron chi connectivity index (χ3n) is 6.21. The molecule has 0 bridgehead atoms. The van der Waals surface area contributed by atoms with Crippen LogP contribution in [-0.4, -0.2) is 69.8 Å². The molecule has 178 valence electrons. The van der Waals surface area contributed by atoms with Crippen molar-refractivity contribution in [2.24, 2.45) is 0 Å². The number of carbonyl (C=O) groups is 1. The molecule has 0 radical (unpaired) electrons. The molecule has 0 atom stereocenters. The average molecular weight is 468 g/mol. The van der Waals surface area contributed by atoms with Gasteiger partial charge in [0.05, 0.1) is 17.6 Å². The van der Waals surface area contributed by atoms with Crippen LogP contribution in [0.15, 0.2) is 85.3 Å². The van der Waals surface area contributed by atoms with E-state index in [1.165, 1.54) is 0 Å². The van der Waals surface area contributed by atoms with Crippen LogP contribution in [0.1, 0.15) is 16.8 Å². The lowest BCUT2D eigenvalue weighted by molar-refractivity contribution is 0.0951. The third-order valence-corrected chi connectivity index (χ3v) is 6.21. The van der Waals surface area contributed by atoms with Crippen molar-refractivity contribution in [2.75, 3.05) is 44.2 Å². The Bertz CT molecular complexity index is 1230. The molecule has 1 aliphatic heterocycles. The summed E-state index contributed by atoms with van der Waals surface area (Å²) in [6, 6.07) is 21.5. The summed E-state index contributed by atoms with van der Waals surface area (Å²) in [6.07, 6.45) is 6.25. The van der Waals surface area contributed by atoms with Gasteiger partial charge in [-0.15, -0.1) is 0 Å². The SMILES string of the molecule is O=C(NCCCN1CCN(c2ncccn2)CC1)c1cccc(-n2nccc2-c2ccccc2)c1. The summed E-state index contributed by atoms with van der Waals surface area (Å²) in [5.41, 5.74) is 3.56. The molecule has 4 aromatic rings. The van der Waals surface area contributed by atoms with Crippen molar-refractivity contribution < 1.29 is 4.79 Å². The molecule has 3 heterocycles. The van der Waals surface area contributed by atoms with Crippen LogP contribution in [0.5, 0.6) is 0 Å². The molecule has 0 saturated carbocycles. The Kier molecular flexibility index (Phi) is 7.10. The first-order valence-corrected chi connectivity index (χ1v) is 12.0. The summed E-state index contributed by atoms with van der Waals surface area (Å²) in [5.74, 6) is 0.735. The molecule has 0 aliphatic carbocycles. The molecule has 2 aromatic carbocycles. The van der Waals surface area contributed by atoms with Gasteiger partial charge < -0.3 is 10.2 Å². The van der Waals surface area contributed by atoms with E-state index >= 15 is 0 Å². The lowest BCUT2D eigenvalue weighted by Crippen LogP contribution is -2.47. The number of nitrogens with zero attached hydrogens (tertiary/aromatic N) is 6. The fourth-order valence-corrected chi connectivity index (χ4v) is 4.35. The first-order chi connectivity index (χ1) is 17.3. The minimum absolute atomic E-state index is 0.0636. The zero-order valence-corrected chi connectivity index (χ0v) is 19.6. The summed E-state index contributed by atoms with van der Waals surface area (Å²) >= 11 is 0. The zero-order valence-electron chi connectivity index (χ0n) is 19.6. The molecular formula is C27H29N7O. The minimum Gasteiger partial charge on any atom is -0.352 e. The maximum atomic E-state index is 12.8. The van der Waals surface area contributed by atoms with Crippen molar-refractivity contribution in [3.8, 4) is 16.9 Å². The van der Waals surface area contributed by atoms with Crippen molar-refractivity contribution in [2.45, 2.75) is 6.42 Å². The monoisotopic (exact) mass is 467 g/mol.